The predicted molar refractivity (Wildman–Crippen MR) is 114 cm³/mol. The van der Waals surface area contributed by atoms with Crippen molar-refractivity contribution in [3.8, 4) is 0 Å². The third-order valence-corrected chi connectivity index (χ3v) is 6.51. The van der Waals surface area contributed by atoms with Gasteiger partial charge in [-0.05, 0) is 42.8 Å². The fraction of sp³-hybridized carbons (Fsp3) is 0.300. The molecule has 10 heteroatoms. The SMILES string of the molecule is Cc1c(Cl)ccc2sc(N3CCN(C(=O)Nc4cccc(C(F)(F)F)c4)CC3)nc12. The second-order valence-corrected chi connectivity index (χ2v) is 8.41. The van der Waals surface area contributed by atoms with Crippen LogP contribution in [0.5, 0.6) is 0 Å². The summed E-state index contributed by atoms with van der Waals surface area (Å²) in [5, 5.41) is 4.10. The molecule has 158 valence electrons. The first-order valence-electron chi connectivity index (χ1n) is 9.26. The van der Waals surface area contributed by atoms with Gasteiger partial charge in [0.2, 0.25) is 0 Å². The third-order valence-electron chi connectivity index (χ3n) is 5.02. The van der Waals surface area contributed by atoms with Crippen LogP contribution in [0, 0.1) is 6.92 Å². The fourth-order valence-corrected chi connectivity index (χ4v) is 4.53. The number of hydrogen-bond acceptors (Lipinski definition) is 4. The molecule has 1 aliphatic heterocycles. The Labute approximate surface area is 180 Å². The minimum absolute atomic E-state index is 0.121. The smallest absolute Gasteiger partial charge is 0.345 e. The summed E-state index contributed by atoms with van der Waals surface area (Å²) < 4.78 is 39.6. The highest BCUT2D eigenvalue weighted by Gasteiger charge is 2.31. The lowest BCUT2D eigenvalue weighted by Crippen LogP contribution is -2.50. The third kappa shape index (κ3) is 4.17. The maximum absolute atomic E-state index is 12.8. The van der Waals surface area contributed by atoms with Crippen LogP contribution < -0.4 is 10.2 Å². The second-order valence-electron chi connectivity index (χ2n) is 7.00. The Morgan fingerprint density at radius 3 is 2.60 bits per heavy atom. The van der Waals surface area contributed by atoms with E-state index in [0.29, 0.717) is 31.2 Å². The van der Waals surface area contributed by atoms with Gasteiger partial charge in [0.05, 0.1) is 15.8 Å². The van der Waals surface area contributed by atoms with E-state index in [-0.39, 0.29) is 5.69 Å². The summed E-state index contributed by atoms with van der Waals surface area (Å²) in [5.41, 5.74) is 1.15. The maximum atomic E-state index is 12.8. The molecule has 1 N–H and O–H groups in total. The normalized spacial score (nSPS) is 15.0. The van der Waals surface area contributed by atoms with Gasteiger partial charge in [0, 0.05) is 36.9 Å². The molecule has 3 aromatic rings. The van der Waals surface area contributed by atoms with Gasteiger partial charge in [-0.3, -0.25) is 0 Å². The molecule has 2 amide bonds. The molecule has 1 aromatic heterocycles. The summed E-state index contributed by atoms with van der Waals surface area (Å²) in [6.07, 6.45) is -4.45. The number of amides is 2. The highest BCUT2D eigenvalue weighted by molar-refractivity contribution is 7.22. The van der Waals surface area contributed by atoms with Crippen molar-refractivity contribution in [1.29, 1.82) is 0 Å². The van der Waals surface area contributed by atoms with E-state index in [4.69, 9.17) is 16.6 Å². The number of nitrogens with zero attached hydrogens (tertiary/aromatic N) is 3. The number of thiazole rings is 1. The van der Waals surface area contributed by atoms with Crippen LogP contribution in [0.15, 0.2) is 36.4 Å². The zero-order valence-corrected chi connectivity index (χ0v) is 17.5. The summed E-state index contributed by atoms with van der Waals surface area (Å²) >= 11 is 7.75. The lowest BCUT2D eigenvalue weighted by atomic mass is 10.2. The van der Waals surface area contributed by atoms with Gasteiger partial charge in [-0.15, -0.1) is 0 Å². The van der Waals surface area contributed by atoms with Gasteiger partial charge < -0.3 is 15.1 Å². The Kier molecular flexibility index (Phi) is 5.50. The summed E-state index contributed by atoms with van der Waals surface area (Å²) in [6, 6.07) is 8.02. The van der Waals surface area contributed by atoms with Crippen molar-refractivity contribution in [2.45, 2.75) is 13.1 Å². The van der Waals surface area contributed by atoms with Crippen LogP contribution in [0.2, 0.25) is 5.02 Å². The van der Waals surface area contributed by atoms with Crippen LogP contribution in [0.3, 0.4) is 0 Å². The molecule has 1 saturated heterocycles. The van der Waals surface area contributed by atoms with E-state index in [0.717, 1.165) is 33.0 Å². The number of nitrogens with one attached hydrogen (secondary N) is 1. The first-order chi connectivity index (χ1) is 14.2. The molecule has 0 atom stereocenters. The van der Waals surface area contributed by atoms with Gasteiger partial charge in [-0.2, -0.15) is 13.2 Å². The minimum atomic E-state index is -4.45. The molecule has 0 aliphatic carbocycles. The van der Waals surface area contributed by atoms with E-state index in [1.54, 1.807) is 16.2 Å². The minimum Gasteiger partial charge on any atom is -0.345 e. The van der Waals surface area contributed by atoms with Crippen LogP contribution in [0.25, 0.3) is 10.2 Å². The standard InChI is InChI=1S/C20H18ClF3N4OS/c1-12-15(21)5-6-16-17(12)26-19(30-16)28-9-7-27(8-10-28)18(29)25-14-4-2-3-13(11-14)20(22,23)24/h2-6,11H,7-10H2,1H3,(H,25,29). The highest BCUT2D eigenvalue weighted by atomic mass is 35.5. The van der Waals surface area contributed by atoms with Crippen LogP contribution in [0.4, 0.5) is 28.8 Å². The van der Waals surface area contributed by atoms with Crippen LogP contribution in [0.1, 0.15) is 11.1 Å². The van der Waals surface area contributed by atoms with Gasteiger partial charge in [-0.25, -0.2) is 9.78 Å². The molecule has 0 unspecified atom stereocenters. The number of rotatable bonds is 2. The van der Waals surface area contributed by atoms with Crippen LogP contribution in [-0.2, 0) is 6.18 Å². The molecule has 4 rings (SSSR count). The number of anilines is 2. The number of aromatic nitrogens is 1. The van der Waals surface area contributed by atoms with E-state index >= 15 is 0 Å². The highest BCUT2D eigenvalue weighted by Crippen LogP contribution is 2.34. The van der Waals surface area contributed by atoms with Crippen molar-refractivity contribution in [3.63, 3.8) is 0 Å². The summed E-state index contributed by atoms with van der Waals surface area (Å²) in [4.78, 5) is 20.9. The van der Waals surface area contributed by atoms with E-state index in [1.807, 2.05) is 19.1 Å². The fourth-order valence-electron chi connectivity index (χ4n) is 3.30. The summed E-state index contributed by atoms with van der Waals surface area (Å²) in [5.74, 6) is 0. The van der Waals surface area contributed by atoms with Gasteiger partial charge in [0.25, 0.3) is 0 Å². The number of benzene rings is 2. The van der Waals surface area contributed by atoms with E-state index in [9.17, 15) is 18.0 Å². The van der Waals surface area contributed by atoms with Gasteiger partial charge in [-0.1, -0.05) is 29.0 Å². The Hall–Kier alpha value is -2.52. The molecular formula is C20H18ClF3N4OS. The molecule has 5 nitrogen and oxygen atoms in total. The second kappa shape index (κ2) is 7.96. The maximum Gasteiger partial charge on any atom is 0.416 e. The number of carbonyl (C=O) groups excluding carboxylic acids is 1. The van der Waals surface area contributed by atoms with E-state index < -0.39 is 17.8 Å². The zero-order chi connectivity index (χ0) is 21.5. The molecule has 0 bridgehead atoms. The zero-order valence-electron chi connectivity index (χ0n) is 16.0. The number of hydrogen-bond donors (Lipinski definition) is 1. The van der Waals surface area contributed by atoms with Gasteiger partial charge in [0.15, 0.2) is 5.13 Å². The van der Waals surface area contributed by atoms with Crippen molar-refractivity contribution in [2.24, 2.45) is 0 Å². The van der Waals surface area contributed by atoms with Crippen molar-refractivity contribution in [1.82, 2.24) is 9.88 Å². The first kappa shape index (κ1) is 20.7. The molecule has 0 radical (unpaired) electrons. The monoisotopic (exact) mass is 454 g/mol. The number of carbonyl (C=O) groups is 1. The van der Waals surface area contributed by atoms with Crippen molar-refractivity contribution >= 4 is 50.0 Å². The Morgan fingerprint density at radius 2 is 1.90 bits per heavy atom. The lowest BCUT2D eigenvalue weighted by Gasteiger charge is -2.34. The molecule has 0 spiro atoms. The van der Waals surface area contributed by atoms with E-state index in [1.165, 1.54) is 12.1 Å². The van der Waals surface area contributed by atoms with Crippen molar-refractivity contribution in [2.75, 3.05) is 36.4 Å². The van der Waals surface area contributed by atoms with Crippen molar-refractivity contribution < 1.29 is 18.0 Å². The number of piperazine rings is 1. The summed E-state index contributed by atoms with van der Waals surface area (Å²) in [7, 11) is 0. The van der Waals surface area contributed by atoms with Crippen molar-refractivity contribution in [3.05, 3.63) is 52.5 Å². The number of halogens is 4. The summed E-state index contributed by atoms with van der Waals surface area (Å²) in [6.45, 7) is 4.00. The molecule has 30 heavy (non-hydrogen) atoms. The number of aryl methyl sites for hydroxylation is 1. The molecule has 0 saturated carbocycles. The average Bonchev–Trinajstić information content (AvgIpc) is 3.16. The Balaban J connectivity index is 1.40. The molecule has 1 fully saturated rings. The Morgan fingerprint density at radius 1 is 1.17 bits per heavy atom. The number of alkyl halides is 3. The number of fused-ring (bicyclic) bond motifs is 1. The first-order valence-corrected chi connectivity index (χ1v) is 10.5. The quantitative estimate of drug-likeness (QED) is 0.546. The molecular weight excluding hydrogens is 437 g/mol. The van der Waals surface area contributed by atoms with Gasteiger partial charge in [0.1, 0.15) is 0 Å². The van der Waals surface area contributed by atoms with E-state index in [2.05, 4.69) is 10.2 Å². The predicted octanol–water partition coefficient (Wildman–Crippen LogP) is 5.63. The van der Waals surface area contributed by atoms with Gasteiger partial charge >= 0.3 is 12.2 Å². The largest absolute Gasteiger partial charge is 0.416 e. The average molecular weight is 455 g/mol. The molecule has 1 aliphatic rings. The lowest BCUT2D eigenvalue weighted by molar-refractivity contribution is -0.137. The molecule has 2 heterocycles. The van der Waals surface area contributed by atoms with Crippen LogP contribution in [-0.4, -0.2) is 42.1 Å². The number of urea groups is 1. The Bertz CT molecular complexity index is 1090. The topological polar surface area (TPSA) is 48.5 Å². The van der Waals surface area contributed by atoms with Crippen LogP contribution >= 0.6 is 22.9 Å². The molecule has 2 aromatic carbocycles.